The van der Waals surface area contributed by atoms with Crippen molar-refractivity contribution in [3.8, 4) is 5.75 Å². The van der Waals surface area contributed by atoms with Gasteiger partial charge in [-0.25, -0.2) is 0 Å². The Kier molecular flexibility index (Phi) is 6.83. The van der Waals surface area contributed by atoms with Gasteiger partial charge in [0.05, 0.1) is 13.5 Å². The molecule has 146 valence electrons. The topological polar surface area (TPSA) is 69.0 Å². The van der Waals surface area contributed by atoms with E-state index in [0.29, 0.717) is 38.2 Å². The van der Waals surface area contributed by atoms with Crippen molar-refractivity contribution in [1.29, 1.82) is 0 Å². The number of amides is 1. The predicted molar refractivity (Wildman–Crippen MR) is 112 cm³/mol. The fourth-order valence-corrected chi connectivity index (χ4v) is 3.94. The molecular formula is C19H18Cl2N4O2S. The molecule has 3 rings (SSSR count). The first kappa shape index (κ1) is 20.5. The Morgan fingerprint density at radius 1 is 1.21 bits per heavy atom. The Morgan fingerprint density at radius 2 is 2.04 bits per heavy atom. The highest BCUT2D eigenvalue weighted by Gasteiger charge is 2.14. The molecule has 1 N–H and O–H groups in total. The van der Waals surface area contributed by atoms with E-state index in [0.717, 1.165) is 5.56 Å². The lowest BCUT2D eigenvalue weighted by Crippen LogP contribution is -2.17. The molecule has 0 aliphatic heterocycles. The van der Waals surface area contributed by atoms with Crippen LogP contribution >= 0.6 is 35.0 Å². The van der Waals surface area contributed by atoms with Gasteiger partial charge in [0, 0.05) is 34.6 Å². The van der Waals surface area contributed by atoms with Crippen LogP contribution < -0.4 is 10.1 Å². The van der Waals surface area contributed by atoms with E-state index in [4.69, 9.17) is 27.9 Å². The highest BCUT2D eigenvalue weighted by Crippen LogP contribution is 2.28. The molecule has 0 radical (unpaired) electrons. The third-order valence-electron chi connectivity index (χ3n) is 3.97. The first-order valence-corrected chi connectivity index (χ1v) is 10.1. The second kappa shape index (κ2) is 9.32. The number of aromatic nitrogens is 3. The lowest BCUT2D eigenvalue weighted by molar-refractivity contribution is -0.115. The largest absolute Gasteiger partial charge is 0.497 e. The Morgan fingerprint density at radius 3 is 2.79 bits per heavy atom. The highest BCUT2D eigenvalue weighted by atomic mass is 35.5. The highest BCUT2D eigenvalue weighted by molar-refractivity contribution is 7.98. The average molecular weight is 437 g/mol. The molecule has 0 saturated carbocycles. The Hall–Kier alpha value is -2.22. The fraction of sp³-hybridized carbons (Fsp3) is 0.211. The number of hydrogen-bond acceptors (Lipinski definition) is 5. The average Bonchev–Trinajstić information content (AvgIpc) is 3.01. The predicted octanol–water partition coefficient (Wildman–Crippen LogP) is 4.60. The first-order valence-electron chi connectivity index (χ1n) is 8.35. The van der Waals surface area contributed by atoms with Crippen molar-refractivity contribution < 1.29 is 9.53 Å². The van der Waals surface area contributed by atoms with Crippen molar-refractivity contribution >= 4 is 46.6 Å². The standard InChI is InChI=1S/C19H18Cl2N4O2S/c1-25-17(10-18(26)22-14-4-3-5-15(9-14)27-2)23-24-19(25)28-11-12-6-7-13(20)8-16(12)21/h3-9H,10-11H2,1-2H3,(H,22,26). The quantitative estimate of drug-likeness (QED) is 0.547. The molecular weight excluding hydrogens is 419 g/mol. The summed E-state index contributed by atoms with van der Waals surface area (Å²) >= 11 is 13.6. The van der Waals surface area contributed by atoms with E-state index in [1.807, 2.05) is 25.2 Å². The monoisotopic (exact) mass is 436 g/mol. The number of nitrogens with zero attached hydrogens (tertiary/aromatic N) is 3. The zero-order valence-electron chi connectivity index (χ0n) is 15.3. The third-order valence-corrected chi connectivity index (χ3v) is 5.63. The summed E-state index contributed by atoms with van der Waals surface area (Å²) in [7, 11) is 3.41. The molecule has 1 aromatic heterocycles. The zero-order valence-corrected chi connectivity index (χ0v) is 17.6. The Labute approximate surface area is 177 Å². The molecule has 28 heavy (non-hydrogen) atoms. The summed E-state index contributed by atoms with van der Waals surface area (Å²) in [6, 6.07) is 12.6. The van der Waals surface area contributed by atoms with Gasteiger partial charge in [-0.1, -0.05) is 47.1 Å². The number of anilines is 1. The fourth-order valence-electron chi connectivity index (χ4n) is 2.46. The van der Waals surface area contributed by atoms with Gasteiger partial charge in [-0.3, -0.25) is 4.79 Å². The molecule has 1 amide bonds. The molecule has 0 aliphatic carbocycles. The molecule has 9 heteroatoms. The van der Waals surface area contributed by atoms with Gasteiger partial charge in [-0.2, -0.15) is 0 Å². The van der Waals surface area contributed by atoms with Gasteiger partial charge in [0.15, 0.2) is 5.16 Å². The number of halogens is 2. The van der Waals surface area contributed by atoms with Crippen LogP contribution in [0.15, 0.2) is 47.6 Å². The summed E-state index contributed by atoms with van der Waals surface area (Å²) in [5.41, 5.74) is 1.62. The lowest BCUT2D eigenvalue weighted by atomic mass is 10.2. The third kappa shape index (κ3) is 5.19. The number of ether oxygens (including phenoxy) is 1. The van der Waals surface area contributed by atoms with Crippen molar-refractivity contribution in [3.05, 3.63) is 63.9 Å². The molecule has 6 nitrogen and oxygen atoms in total. The van der Waals surface area contributed by atoms with Crippen molar-refractivity contribution in [2.24, 2.45) is 7.05 Å². The minimum atomic E-state index is -0.180. The second-order valence-corrected chi connectivity index (χ2v) is 7.73. The molecule has 0 fully saturated rings. The number of benzene rings is 2. The number of rotatable bonds is 7. The maximum Gasteiger partial charge on any atom is 0.232 e. The van der Waals surface area contributed by atoms with Crippen LogP contribution in [0.3, 0.4) is 0 Å². The SMILES string of the molecule is COc1cccc(NC(=O)Cc2nnc(SCc3ccc(Cl)cc3Cl)n2C)c1. The number of hydrogen-bond donors (Lipinski definition) is 1. The summed E-state index contributed by atoms with van der Waals surface area (Å²) < 4.78 is 6.96. The summed E-state index contributed by atoms with van der Waals surface area (Å²) in [4.78, 5) is 12.3. The van der Waals surface area contributed by atoms with Crippen LogP contribution in [-0.4, -0.2) is 27.8 Å². The van der Waals surface area contributed by atoms with E-state index in [9.17, 15) is 4.79 Å². The first-order chi connectivity index (χ1) is 13.5. The minimum Gasteiger partial charge on any atom is -0.497 e. The van der Waals surface area contributed by atoms with E-state index in [-0.39, 0.29) is 12.3 Å². The van der Waals surface area contributed by atoms with Crippen molar-refractivity contribution in [1.82, 2.24) is 14.8 Å². The van der Waals surface area contributed by atoms with Crippen LogP contribution in [0.1, 0.15) is 11.4 Å². The molecule has 0 saturated heterocycles. The van der Waals surface area contributed by atoms with Crippen LogP contribution in [0.4, 0.5) is 5.69 Å². The molecule has 0 spiro atoms. The Balaban J connectivity index is 1.61. The van der Waals surface area contributed by atoms with Crippen molar-refractivity contribution in [2.75, 3.05) is 12.4 Å². The van der Waals surface area contributed by atoms with Gasteiger partial charge < -0.3 is 14.6 Å². The van der Waals surface area contributed by atoms with Gasteiger partial charge in [-0.05, 0) is 29.8 Å². The molecule has 3 aromatic rings. The van der Waals surface area contributed by atoms with Gasteiger partial charge >= 0.3 is 0 Å². The second-order valence-electron chi connectivity index (χ2n) is 5.94. The van der Waals surface area contributed by atoms with Crippen molar-refractivity contribution in [3.63, 3.8) is 0 Å². The van der Waals surface area contributed by atoms with Gasteiger partial charge in [-0.15, -0.1) is 10.2 Å². The van der Waals surface area contributed by atoms with E-state index in [1.165, 1.54) is 11.8 Å². The molecule has 0 bridgehead atoms. The van der Waals surface area contributed by atoms with E-state index in [2.05, 4.69) is 15.5 Å². The minimum absolute atomic E-state index is 0.114. The van der Waals surface area contributed by atoms with Crippen LogP contribution in [0.2, 0.25) is 10.0 Å². The Bertz CT molecular complexity index is 994. The molecule has 0 atom stereocenters. The zero-order chi connectivity index (χ0) is 20.1. The number of carbonyl (C=O) groups excluding carboxylic acids is 1. The van der Waals surface area contributed by atoms with Gasteiger partial charge in [0.1, 0.15) is 11.6 Å². The molecule has 1 heterocycles. The number of carbonyl (C=O) groups is 1. The summed E-state index contributed by atoms with van der Waals surface area (Å²) in [6.07, 6.45) is 0.114. The van der Waals surface area contributed by atoms with E-state index >= 15 is 0 Å². The van der Waals surface area contributed by atoms with E-state index < -0.39 is 0 Å². The van der Waals surface area contributed by atoms with Crippen LogP contribution in [0, 0.1) is 0 Å². The lowest BCUT2D eigenvalue weighted by Gasteiger charge is -2.07. The molecule has 0 aliphatic rings. The van der Waals surface area contributed by atoms with Crippen LogP contribution in [0.25, 0.3) is 0 Å². The summed E-state index contributed by atoms with van der Waals surface area (Å²) in [6.45, 7) is 0. The summed E-state index contributed by atoms with van der Waals surface area (Å²) in [5.74, 6) is 1.69. The summed E-state index contributed by atoms with van der Waals surface area (Å²) in [5, 5.41) is 13.1. The molecule has 0 unspecified atom stereocenters. The van der Waals surface area contributed by atoms with Gasteiger partial charge in [0.2, 0.25) is 5.91 Å². The number of thioether (sulfide) groups is 1. The number of nitrogens with one attached hydrogen (secondary N) is 1. The van der Waals surface area contributed by atoms with E-state index in [1.54, 1.807) is 35.9 Å². The maximum atomic E-state index is 12.3. The van der Waals surface area contributed by atoms with Crippen LogP contribution in [-0.2, 0) is 24.0 Å². The van der Waals surface area contributed by atoms with Gasteiger partial charge in [0.25, 0.3) is 0 Å². The smallest absolute Gasteiger partial charge is 0.232 e. The van der Waals surface area contributed by atoms with Crippen LogP contribution in [0.5, 0.6) is 5.75 Å². The normalized spacial score (nSPS) is 10.7. The molecule has 2 aromatic carbocycles. The van der Waals surface area contributed by atoms with Crippen molar-refractivity contribution in [2.45, 2.75) is 17.3 Å². The maximum absolute atomic E-state index is 12.3. The number of methoxy groups -OCH3 is 1.